The second-order valence-electron chi connectivity index (χ2n) is 6.03. The van der Waals surface area contributed by atoms with E-state index in [1.54, 1.807) is 24.5 Å². The van der Waals surface area contributed by atoms with Crippen LogP contribution in [-0.4, -0.2) is 23.6 Å². The van der Waals surface area contributed by atoms with Crippen molar-refractivity contribution >= 4 is 10.0 Å². The van der Waals surface area contributed by atoms with Crippen LogP contribution in [0.15, 0.2) is 84.1 Å². The lowest BCUT2D eigenvalue weighted by atomic mass is 9.99. The lowest BCUT2D eigenvalue weighted by Crippen LogP contribution is -2.11. The Balaban J connectivity index is 1.70. The zero-order valence-electron chi connectivity index (χ0n) is 14.2. The van der Waals surface area contributed by atoms with Gasteiger partial charge in [-0.05, 0) is 41.0 Å². The first-order valence-electron chi connectivity index (χ1n) is 8.20. The molecule has 0 bridgehead atoms. The molecule has 0 atom stereocenters. The fourth-order valence-corrected chi connectivity index (χ4v) is 3.49. The number of nitrogens with one attached hydrogen (secondary N) is 1. The Morgan fingerprint density at radius 1 is 0.815 bits per heavy atom. The van der Waals surface area contributed by atoms with Crippen LogP contribution in [0.3, 0.4) is 0 Å². The van der Waals surface area contributed by atoms with Crippen molar-refractivity contribution in [2.24, 2.45) is 5.14 Å². The van der Waals surface area contributed by atoms with Crippen LogP contribution in [-0.2, 0) is 10.0 Å². The van der Waals surface area contributed by atoms with Gasteiger partial charge in [0.2, 0.25) is 10.0 Å². The van der Waals surface area contributed by atoms with Crippen molar-refractivity contribution in [1.29, 1.82) is 0 Å². The molecule has 0 spiro atoms. The fourth-order valence-electron chi connectivity index (χ4n) is 2.93. The summed E-state index contributed by atoms with van der Waals surface area (Å²) in [6.07, 6.45) is 5.32. The molecule has 2 aromatic carbocycles. The molecule has 0 aliphatic carbocycles. The van der Waals surface area contributed by atoms with Gasteiger partial charge in [0.25, 0.3) is 0 Å². The van der Waals surface area contributed by atoms with E-state index in [2.05, 4.69) is 15.2 Å². The van der Waals surface area contributed by atoms with Gasteiger partial charge in [-0.2, -0.15) is 5.10 Å². The first-order chi connectivity index (χ1) is 13.0. The number of nitrogens with zero attached hydrogens (tertiary/aromatic N) is 2. The number of hydrogen-bond donors (Lipinski definition) is 2. The smallest absolute Gasteiger partial charge is 0.238 e. The third kappa shape index (κ3) is 3.51. The Morgan fingerprint density at radius 2 is 1.52 bits per heavy atom. The van der Waals surface area contributed by atoms with Crippen LogP contribution in [0.1, 0.15) is 0 Å². The zero-order chi connectivity index (χ0) is 18.9. The Hall–Kier alpha value is -3.29. The number of rotatable bonds is 4. The lowest BCUT2D eigenvalue weighted by molar-refractivity contribution is 0.598. The maximum atomic E-state index is 11.6. The van der Waals surface area contributed by atoms with Crippen LogP contribution in [0.2, 0.25) is 0 Å². The predicted molar refractivity (Wildman–Crippen MR) is 104 cm³/mol. The van der Waals surface area contributed by atoms with E-state index in [1.165, 1.54) is 6.07 Å². The highest BCUT2D eigenvalue weighted by molar-refractivity contribution is 7.89. The summed E-state index contributed by atoms with van der Waals surface area (Å²) in [5, 5.41) is 12.5. The monoisotopic (exact) mass is 376 g/mol. The quantitative estimate of drug-likeness (QED) is 0.569. The van der Waals surface area contributed by atoms with E-state index in [0.717, 1.165) is 33.5 Å². The van der Waals surface area contributed by atoms with E-state index in [1.807, 2.05) is 48.7 Å². The summed E-state index contributed by atoms with van der Waals surface area (Å²) in [4.78, 5) is 4.13. The topological polar surface area (TPSA) is 102 Å². The number of pyridine rings is 1. The van der Waals surface area contributed by atoms with E-state index in [0.29, 0.717) is 0 Å². The molecule has 4 aromatic rings. The van der Waals surface area contributed by atoms with Gasteiger partial charge in [-0.25, -0.2) is 13.6 Å². The minimum atomic E-state index is -3.73. The van der Waals surface area contributed by atoms with Gasteiger partial charge in [-0.1, -0.05) is 36.4 Å². The lowest BCUT2D eigenvalue weighted by Gasteiger charge is -2.07. The summed E-state index contributed by atoms with van der Waals surface area (Å²) >= 11 is 0. The summed E-state index contributed by atoms with van der Waals surface area (Å²) < 4.78 is 23.1. The Kier molecular flexibility index (Phi) is 4.31. The normalized spacial score (nSPS) is 11.4. The number of primary sulfonamides is 1. The van der Waals surface area contributed by atoms with E-state index in [9.17, 15) is 8.42 Å². The van der Waals surface area contributed by atoms with E-state index >= 15 is 0 Å². The summed E-state index contributed by atoms with van der Waals surface area (Å²) in [7, 11) is -3.73. The van der Waals surface area contributed by atoms with Crippen molar-refractivity contribution in [2.45, 2.75) is 4.90 Å². The number of nitrogens with two attached hydrogens (primary N) is 1. The maximum Gasteiger partial charge on any atom is 0.238 e. The van der Waals surface area contributed by atoms with Crippen molar-refractivity contribution in [2.75, 3.05) is 0 Å². The first kappa shape index (κ1) is 17.1. The van der Waals surface area contributed by atoms with Crippen molar-refractivity contribution in [1.82, 2.24) is 15.2 Å². The van der Waals surface area contributed by atoms with Crippen molar-refractivity contribution in [3.8, 4) is 33.5 Å². The molecule has 2 aromatic heterocycles. The molecule has 2 heterocycles. The minimum Gasteiger partial charge on any atom is -0.284 e. The Morgan fingerprint density at radius 3 is 2.22 bits per heavy atom. The van der Waals surface area contributed by atoms with Crippen LogP contribution in [0.25, 0.3) is 33.5 Å². The van der Waals surface area contributed by atoms with E-state index in [-0.39, 0.29) is 4.90 Å². The van der Waals surface area contributed by atoms with Gasteiger partial charge in [0.1, 0.15) is 0 Å². The SMILES string of the molecule is NS(=O)(=O)c1cccc(-c2ccc(-c3c[nH]nc3-c3ccncc3)cc2)c1. The van der Waals surface area contributed by atoms with Crippen LogP contribution in [0.5, 0.6) is 0 Å². The Bertz CT molecular complexity index is 1180. The summed E-state index contributed by atoms with van der Waals surface area (Å²) in [5.74, 6) is 0. The molecule has 0 radical (unpaired) electrons. The molecule has 0 amide bonds. The molecular weight excluding hydrogens is 360 g/mol. The first-order valence-corrected chi connectivity index (χ1v) is 9.75. The standard InChI is InChI=1S/C20H16N4O2S/c21-27(25,26)18-3-1-2-17(12-18)14-4-6-15(7-5-14)19-13-23-24-20(19)16-8-10-22-11-9-16/h1-13H,(H,23,24)(H2,21,25,26). The van der Waals surface area contributed by atoms with E-state index < -0.39 is 10.0 Å². The van der Waals surface area contributed by atoms with Crippen LogP contribution in [0.4, 0.5) is 0 Å². The molecule has 0 unspecified atom stereocenters. The number of benzene rings is 2. The largest absolute Gasteiger partial charge is 0.284 e. The van der Waals surface area contributed by atoms with Gasteiger partial charge in [0, 0.05) is 29.7 Å². The number of sulfonamides is 1. The number of aromatic nitrogens is 3. The van der Waals surface area contributed by atoms with Crippen molar-refractivity contribution < 1.29 is 8.42 Å². The second kappa shape index (κ2) is 6.79. The third-order valence-corrected chi connectivity index (χ3v) is 5.20. The molecule has 0 aliphatic rings. The minimum absolute atomic E-state index is 0.0962. The number of hydrogen-bond acceptors (Lipinski definition) is 4. The average Bonchev–Trinajstić information content (AvgIpc) is 3.18. The van der Waals surface area contributed by atoms with Gasteiger partial charge in [-0.15, -0.1) is 0 Å². The second-order valence-corrected chi connectivity index (χ2v) is 7.60. The molecular formula is C20H16N4O2S. The average molecular weight is 376 g/mol. The summed E-state index contributed by atoms with van der Waals surface area (Å²) in [5.41, 5.74) is 5.49. The molecule has 134 valence electrons. The third-order valence-electron chi connectivity index (χ3n) is 4.29. The molecule has 0 saturated carbocycles. The summed E-state index contributed by atoms with van der Waals surface area (Å²) in [6, 6.07) is 18.3. The van der Waals surface area contributed by atoms with Gasteiger partial charge < -0.3 is 0 Å². The predicted octanol–water partition coefficient (Wildman–Crippen LogP) is 3.45. The molecule has 0 fully saturated rings. The highest BCUT2D eigenvalue weighted by Crippen LogP contribution is 2.31. The summed E-state index contributed by atoms with van der Waals surface area (Å²) in [6.45, 7) is 0. The molecule has 7 heteroatoms. The van der Waals surface area contributed by atoms with Crippen LogP contribution >= 0.6 is 0 Å². The molecule has 4 rings (SSSR count). The highest BCUT2D eigenvalue weighted by atomic mass is 32.2. The van der Waals surface area contributed by atoms with Crippen LogP contribution < -0.4 is 5.14 Å². The molecule has 27 heavy (non-hydrogen) atoms. The van der Waals surface area contributed by atoms with E-state index in [4.69, 9.17) is 5.14 Å². The van der Waals surface area contributed by atoms with Crippen molar-refractivity contribution in [3.05, 3.63) is 79.3 Å². The molecule has 0 saturated heterocycles. The number of aromatic amines is 1. The van der Waals surface area contributed by atoms with Crippen LogP contribution in [0, 0.1) is 0 Å². The van der Waals surface area contributed by atoms with Gasteiger partial charge in [0.05, 0.1) is 10.6 Å². The maximum absolute atomic E-state index is 11.6. The fraction of sp³-hybridized carbons (Fsp3) is 0. The van der Waals surface area contributed by atoms with Gasteiger partial charge in [0.15, 0.2) is 0 Å². The molecule has 6 nitrogen and oxygen atoms in total. The molecule has 0 aliphatic heterocycles. The number of H-pyrrole nitrogens is 1. The van der Waals surface area contributed by atoms with Gasteiger partial charge >= 0.3 is 0 Å². The Labute approximate surface area is 156 Å². The zero-order valence-corrected chi connectivity index (χ0v) is 15.0. The van der Waals surface area contributed by atoms with Crippen molar-refractivity contribution in [3.63, 3.8) is 0 Å². The van der Waals surface area contributed by atoms with Gasteiger partial charge in [-0.3, -0.25) is 10.1 Å². The highest BCUT2D eigenvalue weighted by Gasteiger charge is 2.12. The molecule has 3 N–H and O–H groups in total.